The lowest BCUT2D eigenvalue weighted by Gasteiger charge is -2.36. The largest absolute Gasteiger partial charge is 0.375 e. The molecule has 0 saturated carbocycles. The Balaban J connectivity index is 0.00000192. The molecule has 0 unspecified atom stereocenters. The van der Waals surface area contributed by atoms with Crippen LogP contribution in [0.5, 0.6) is 0 Å². The third kappa shape index (κ3) is 4.47. The number of hydrogen-bond acceptors (Lipinski definition) is 7. The molecule has 23 heavy (non-hydrogen) atoms. The van der Waals surface area contributed by atoms with Crippen molar-refractivity contribution in [2.45, 2.75) is 0 Å². The van der Waals surface area contributed by atoms with Gasteiger partial charge in [-0.3, -0.25) is 4.79 Å². The van der Waals surface area contributed by atoms with Gasteiger partial charge in [-0.05, 0) is 11.4 Å². The number of nitrogens with zero attached hydrogens (tertiary/aromatic N) is 4. The van der Waals surface area contributed by atoms with Crippen molar-refractivity contribution < 1.29 is 9.53 Å². The summed E-state index contributed by atoms with van der Waals surface area (Å²) in [5.74, 6) is 0.903. The molecule has 2 aliphatic rings. The topological polar surface area (TPSA) is 57.5 Å². The predicted octanol–water partition coefficient (Wildman–Crippen LogP) is 1.77. The van der Waals surface area contributed by atoms with Crippen molar-refractivity contribution in [2.24, 2.45) is 10.2 Å². The van der Waals surface area contributed by atoms with Crippen molar-refractivity contribution in [1.82, 2.24) is 9.80 Å². The van der Waals surface area contributed by atoms with Gasteiger partial charge in [0, 0.05) is 39.0 Å². The van der Waals surface area contributed by atoms with Gasteiger partial charge in [0.25, 0.3) is 0 Å². The van der Waals surface area contributed by atoms with E-state index in [1.54, 1.807) is 30.2 Å². The maximum atomic E-state index is 11.8. The lowest BCUT2D eigenvalue weighted by Crippen LogP contribution is -2.51. The molecular formula is C14H19ClN4O2S2. The fourth-order valence-corrected chi connectivity index (χ4v) is 4.12. The number of amides is 1. The van der Waals surface area contributed by atoms with Gasteiger partial charge in [0.2, 0.25) is 5.91 Å². The summed E-state index contributed by atoms with van der Waals surface area (Å²) in [6.45, 7) is 3.17. The normalized spacial score (nSPS) is 18.1. The van der Waals surface area contributed by atoms with Crippen LogP contribution in [-0.2, 0) is 9.53 Å². The van der Waals surface area contributed by atoms with Gasteiger partial charge in [0.1, 0.15) is 6.61 Å². The number of rotatable bonds is 3. The molecule has 0 aliphatic carbocycles. The zero-order valence-electron chi connectivity index (χ0n) is 12.8. The number of hydrogen-bond donors (Lipinski definition) is 0. The van der Waals surface area contributed by atoms with Gasteiger partial charge in [-0.2, -0.15) is 5.10 Å². The van der Waals surface area contributed by atoms with Crippen molar-refractivity contribution >= 4 is 52.3 Å². The van der Waals surface area contributed by atoms with Gasteiger partial charge >= 0.3 is 0 Å². The average molecular weight is 375 g/mol. The Hall–Kier alpha value is -1.09. The van der Waals surface area contributed by atoms with E-state index in [2.05, 4.69) is 26.5 Å². The van der Waals surface area contributed by atoms with E-state index >= 15 is 0 Å². The van der Waals surface area contributed by atoms with Crippen LogP contribution in [0.3, 0.4) is 0 Å². The summed E-state index contributed by atoms with van der Waals surface area (Å²) in [5, 5.41) is 11.7. The molecule has 0 spiro atoms. The van der Waals surface area contributed by atoms with E-state index in [1.165, 1.54) is 4.88 Å². The van der Waals surface area contributed by atoms with Crippen LogP contribution in [0.4, 0.5) is 0 Å². The quantitative estimate of drug-likeness (QED) is 0.809. The highest BCUT2D eigenvalue weighted by atomic mass is 35.5. The van der Waals surface area contributed by atoms with Crippen LogP contribution in [0.2, 0.25) is 0 Å². The number of piperazine rings is 1. The summed E-state index contributed by atoms with van der Waals surface area (Å²) in [6.07, 6.45) is 0. The summed E-state index contributed by atoms with van der Waals surface area (Å²) in [6, 6.07) is 4.10. The molecule has 0 bridgehead atoms. The van der Waals surface area contributed by atoms with E-state index in [9.17, 15) is 4.79 Å². The predicted molar refractivity (Wildman–Crippen MR) is 98.0 cm³/mol. The van der Waals surface area contributed by atoms with Crippen molar-refractivity contribution in [3.05, 3.63) is 22.4 Å². The van der Waals surface area contributed by atoms with Crippen LogP contribution in [0.25, 0.3) is 0 Å². The molecule has 0 radical (unpaired) electrons. The number of carbonyl (C=O) groups excluding carboxylic acids is 1. The van der Waals surface area contributed by atoms with Crippen LogP contribution in [0.15, 0.2) is 27.7 Å². The van der Waals surface area contributed by atoms with E-state index in [4.69, 9.17) is 4.74 Å². The summed E-state index contributed by atoms with van der Waals surface area (Å²) in [5.41, 5.74) is 1.04. The highest BCUT2D eigenvalue weighted by Gasteiger charge is 2.25. The summed E-state index contributed by atoms with van der Waals surface area (Å²) < 4.78 is 4.90. The van der Waals surface area contributed by atoms with E-state index < -0.39 is 0 Å². The highest BCUT2D eigenvalue weighted by Crippen LogP contribution is 2.21. The van der Waals surface area contributed by atoms with Crippen LogP contribution in [0.1, 0.15) is 4.88 Å². The third-order valence-electron chi connectivity index (χ3n) is 3.57. The molecule has 9 heteroatoms. The molecule has 126 valence electrons. The van der Waals surface area contributed by atoms with E-state index in [0.29, 0.717) is 13.1 Å². The molecule has 0 N–H and O–H groups in total. The number of thioether (sulfide) groups is 1. The summed E-state index contributed by atoms with van der Waals surface area (Å²) in [4.78, 5) is 17.0. The summed E-state index contributed by atoms with van der Waals surface area (Å²) >= 11 is 3.41. The smallest absolute Gasteiger partial charge is 0.248 e. The zero-order chi connectivity index (χ0) is 15.4. The molecule has 1 amide bonds. The number of amidine groups is 1. The van der Waals surface area contributed by atoms with Gasteiger partial charge in [0.15, 0.2) is 5.17 Å². The molecule has 1 aromatic rings. The highest BCUT2D eigenvalue weighted by molar-refractivity contribution is 8.14. The fraction of sp³-hybridized carbons (Fsp3) is 0.500. The number of carbonyl (C=O) groups is 1. The third-order valence-corrected chi connectivity index (χ3v) is 5.51. The Morgan fingerprint density at radius 2 is 2.09 bits per heavy atom. The zero-order valence-corrected chi connectivity index (χ0v) is 15.3. The lowest BCUT2D eigenvalue weighted by molar-refractivity contribution is -0.136. The molecule has 0 aromatic carbocycles. The van der Waals surface area contributed by atoms with Crippen molar-refractivity contribution in [2.75, 3.05) is 45.6 Å². The SMILES string of the molecule is COCC(=O)N1CCN(C2=NN=C(c3cccs3)CS2)CC1.Cl. The monoisotopic (exact) mass is 374 g/mol. The van der Waals surface area contributed by atoms with E-state index in [0.717, 1.165) is 29.7 Å². The Kier molecular flexibility index (Phi) is 6.88. The number of ether oxygens (including phenoxy) is 1. The number of thiophene rings is 1. The summed E-state index contributed by atoms with van der Waals surface area (Å²) in [7, 11) is 1.55. The Bertz CT molecular complexity index is 584. The van der Waals surface area contributed by atoms with Crippen molar-refractivity contribution in [3.63, 3.8) is 0 Å². The minimum atomic E-state index is 0. The molecule has 2 aliphatic heterocycles. The van der Waals surface area contributed by atoms with Crippen molar-refractivity contribution in [1.29, 1.82) is 0 Å². The van der Waals surface area contributed by atoms with Crippen LogP contribution in [0, 0.1) is 0 Å². The van der Waals surface area contributed by atoms with Crippen LogP contribution in [-0.4, -0.2) is 72.2 Å². The standard InChI is InChI=1S/C14H18N4O2S2.ClH/c1-20-9-13(19)17-4-6-18(7-5-17)14-16-15-11(10-22-14)12-3-2-8-21-12;/h2-3,8H,4-7,9-10H2,1H3;1H. The van der Waals surface area contributed by atoms with Crippen LogP contribution < -0.4 is 0 Å². The molecule has 1 saturated heterocycles. The Labute approximate surface area is 150 Å². The first-order valence-corrected chi connectivity index (χ1v) is 8.97. The second-order valence-electron chi connectivity index (χ2n) is 5.00. The van der Waals surface area contributed by atoms with Crippen molar-refractivity contribution in [3.8, 4) is 0 Å². The lowest BCUT2D eigenvalue weighted by atomic mass is 10.3. The second kappa shape index (κ2) is 8.68. The van der Waals surface area contributed by atoms with E-state index in [1.807, 2.05) is 11.0 Å². The Morgan fingerprint density at radius 3 is 2.65 bits per heavy atom. The molecule has 1 fully saturated rings. The van der Waals surface area contributed by atoms with Gasteiger partial charge in [-0.1, -0.05) is 17.8 Å². The van der Waals surface area contributed by atoms with Gasteiger partial charge < -0.3 is 14.5 Å². The molecule has 0 atom stereocenters. The number of methoxy groups -OCH3 is 1. The molecule has 3 rings (SSSR count). The second-order valence-corrected chi connectivity index (χ2v) is 6.89. The van der Waals surface area contributed by atoms with Gasteiger partial charge in [-0.25, -0.2) is 0 Å². The minimum absolute atomic E-state index is 0. The maximum Gasteiger partial charge on any atom is 0.248 e. The first-order valence-electron chi connectivity index (χ1n) is 7.11. The van der Waals surface area contributed by atoms with Gasteiger partial charge in [0.05, 0.1) is 10.6 Å². The fourth-order valence-electron chi connectivity index (χ4n) is 2.37. The molecule has 3 heterocycles. The molecular weight excluding hydrogens is 356 g/mol. The minimum Gasteiger partial charge on any atom is -0.375 e. The molecule has 6 nitrogen and oxygen atoms in total. The first kappa shape index (κ1) is 18.3. The molecule has 1 aromatic heterocycles. The van der Waals surface area contributed by atoms with Gasteiger partial charge in [-0.15, -0.1) is 28.8 Å². The average Bonchev–Trinajstić information content (AvgIpc) is 3.10. The maximum absolute atomic E-state index is 11.8. The Morgan fingerprint density at radius 1 is 1.30 bits per heavy atom. The first-order chi connectivity index (χ1) is 10.8. The number of halogens is 1. The van der Waals surface area contributed by atoms with Crippen LogP contribution >= 0.6 is 35.5 Å². The van der Waals surface area contributed by atoms with E-state index in [-0.39, 0.29) is 24.9 Å².